The molecule has 13 heteroatoms. The SMILES string of the molecule is CC1(NC(=O)OC2COC(c3cc(Nc4nccc5nc(CN6CCOCC6)cn45)n[nH]3)C2F)CC1. The number of alkyl carbamates (subject to hydrolysis) is 1. The zero-order chi connectivity index (χ0) is 24.7. The average molecular weight is 501 g/mol. The van der Waals surface area contributed by atoms with E-state index in [1.807, 2.05) is 23.6 Å². The van der Waals surface area contributed by atoms with Crippen molar-refractivity contribution >= 4 is 23.5 Å². The monoisotopic (exact) mass is 500 g/mol. The molecule has 0 bridgehead atoms. The summed E-state index contributed by atoms with van der Waals surface area (Å²) in [6.07, 6.45) is 1.37. The Morgan fingerprint density at radius 1 is 1.36 bits per heavy atom. The fourth-order valence-corrected chi connectivity index (χ4v) is 4.45. The van der Waals surface area contributed by atoms with Gasteiger partial charge in [-0.25, -0.2) is 19.2 Å². The number of imidazole rings is 1. The molecule has 1 saturated carbocycles. The highest BCUT2D eigenvalue weighted by Gasteiger charge is 2.44. The van der Waals surface area contributed by atoms with Crippen LogP contribution in [-0.4, -0.2) is 86.3 Å². The summed E-state index contributed by atoms with van der Waals surface area (Å²) in [5, 5.41) is 13.0. The van der Waals surface area contributed by atoms with E-state index < -0.39 is 24.5 Å². The highest BCUT2D eigenvalue weighted by atomic mass is 19.1. The van der Waals surface area contributed by atoms with Crippen LogP contribution in [0.5, 0.6) is 0 Å². The first-order valence-electron chi connectivity index (χ1n) is 12.2. The van der Waals surface area contributed by atoms with Gasteiger partial charge in [0.05, 0.1) is 31.2 Å². The van der Waals surface area contributed by atoms with Crippen molar-refractivity contribution < 1.29 is 23.4 Å². The minimum atomic E-state index is -1.52. The second kappa shape index (κ2) is 9.30. The molecule has 3 fully saturated rings. The molecule has 0 radical (unpaired) electrons. The Balaban J connectivity index is 1.11. The fourth-order valence-electron chi connectivity index (χ4n) is 4.45. The van der Waals surface area contributed by atoms with Crippen molar-refractivity contribution in [3.05, 3.63) is 35.9 Å². The topological polar surface area (TPSA) is 131 Å². The van der Waals surface area contributed by atoms with Crippen molar-refractivity contribution in [2.75, 3.05) is 38.2 Å². The Labute approximate surface area is 206 Å². The zero-order valence-corrected chi connectivity index (χ0v) is 19.9. The number of carbonyl (C=O) groups is 1. The lowest BCUT2D eigenvalue weighted by Crippen LogP contribution is -2.39. The van der Waals surface area contributed by atoms with Crippen molar-refractivity contribution in [3.63, 3.8) is 0 Å². The molecule has 3 atom stereocenters. The number of hydrogen-bond donors (Lipinski definition) is 3. The normalized spacial score (nSPS) is 25.7. The van der Waals surface area contributed by atoms with E-state index in [-0.39, 0.29) is 12.1 Å². The Bertz CT molecular complexity index is 1240. The second-order valence-electron chi connectivity index (χ2n) is 9.78. The summed E-state index contributed by atoms with van der Waals surface area (Å²) in [4.78, 5) is 23.5. The lowest BCUT2D eigenvalue weighted by molar-refractivity contribution is 0.0337. The largest absolute Gasteiger partial charge is 0.441 e. The molecule has 192 valence electrons. The average Bonchev–Trinajstić information content (AvgIpc) is 3.20. The summed E-state index contributed by atoms with van der Waals surface area (Å²) in [5.41, 5.74) is 1.89. The van der Waals surface area contributed by atoms with E-state index in [1.165, 1.54) is 0 Å². The van der Waals surface area contributed by atoms with E-state index in [1.54, 1.807) is 12.3 Å². The van der Waals surface area contributed by atoms with E-state index in [9.17, 15) is 4.79 Å². The number of halogens is 1. The molecule has 3 N–H and O–H groups in total. The van der Waals surface area contributed by atoms with E-state index >= 15 is 4.39 Å². The number of ether oxygens (including phenoxy) is 3. The summed E-state index contributed by atoms with van der Waals surface area (Å²) < 4.78 is 33.2. The first-order valence-corrected chi connectivity index (χ1v) is 12.2. The minimum absolute atomic E-state index is 0.0282. The van der Waals surface area contributed by atoms with Gasteiger partial charge < -0.3 is 24.8 Å². The molecule has 1 amide bonds. The van der Waals surface area contributed by atoms with Gasteiger partial charge in [-0.1, -0.05) is 0 Å². The number of H-pyrrole nitrogens is 1. The lowest BCUT2D eigenvalue weighted by Gasteiger charge is -2.25. The third-order valence-corrected chi connectivity index (χ3v) is 6.81. The van der Waals surface area contributed by atoms with Gasteiger partial charge >= 0.3 is 6.09 Å². The third kappa shape index (κ3) is 4.86. The third-order valence-electron chi connectivity index (χ3n) is 6.81. The lowest BCUT2D eigenvalue weighted by atomic mass is 10.1. The molecule has 3 unspecified atom stereocenters. The number of aromatic amines is 1. The number of rotatable bonds is 7. The van der Waals surface area contributed by atoms with Crippen LogP contribution in [0.3, 0.4) is 0 Å². The molecular weight excluding hydrogens is 471 g/mol. The number of alkyl halides is 1. The molecule has 12 nitrogen and oxygen atoms in total. The first kappa shape index (κ1) is 23.1. The molecule has 6 rings (SSSR count). The second-order valence-corrected chi connectivity index (χ2v) is 9.78. The van der Waals surface area contributed by atoms with E-state index in [2.05, 4.69) is 30.7 Å². The molecule has 0 aromatic carbocycles. The van der Waals surface area contributed by atoms with E-state index in [0.717, 1.165) is 57.0 Å². The number of morpholine rings is 1. The van der Waals surface area contributed by atoms with E-state index in [4.69, 9.17) is 19.2 Å². The van der Waals surface area contributed by atoms with Crippen LogP contribution in [0.2, 0.25) is 0 Å². The number of hydrogen-bond acceptors (Lipinski definition) is 9. The summed E-state index contributed by atoms with van der Waals surface area (Å²) in [5.74, 6) is 0.981. The molecule has 3 aliphatic rings. The highest BCUT2D eigenvalue weighted by molar-refractivity contribution is 5.69. The van der Waals surface area contributed by atoms with Gasteiger partial charge in [-0.15, -0.1) is 0 Å². The van der Waals surface area contributed by atoms with Crippen molar-refractivity contribution in [2.45, 2.75) is 50.2 Å². The molecule has 2 aliphatic heterocycles. The molecule has 3 aromatic rings. The fraction of sp³-hybridized carbons (Fsp3) is 0.565. The van der Waals surface area contributed by atoms with Gasteiger partial charge in [0.15, 0.2) is 18.1 Å². The predicted molar refractivity (Wildman–Crippen MR) is 126 cm³/mol. The zero-order valence-electron chi connectivity index (χ0n) is 19.9. The van der Waals surface area contributed by atoms with Crippen LogP contribution in [0.15, 0.2) is 24.5 Å². The van der Waals surface area contributed by atoms with Crippen LogP contribution in [0.4, 0.5) is 21.0 Å². The smallest absolute Gasteiger partial charge is 0.408 e. The van der Waals surface area contributed by atoms with Crippen LogP contribution in [0.25, 0.3) is 5.65 Å². The van der Waals surface area contributed by atoms with E-state index in [0.29, 0.717) is 17.5 Å². The number of anilines is 2. The molecule has 0 spiro atoms. The quantitative estimate of drug-likeness (QED) is 0.446. The molecule has 2 saturated heterocycles. The van der Waals surface area contributed by atoms with Crippen molar-refractivity contribution in [1.29, 1.82) is 0 Å². The van der Waals surface area contributed by atoms with Gasteiger partial charge in [0.1, 0.15) is 11.8 Å². The molecule has 5 heterocycles. The predicted octanol–water partition coefficient (Wildman–Crippen LogP) is 2.08. The van der Waals surface area contributed by atoms with Crippen LogP contribution in [0.1, 0.15) is 37.3 Å². The van der Waals surface area contributed by atoms with Crippen LogP contribution in [-0.2, 0) is 20.8 Å². The molecular formula is C23H29FN8O4. The summed E-state index contributed by atoms with van der Waals surface area (Å²) in [7, 11) is 0. The van der Waals surface area contributed by atoms with Gasteiger partial charge in [0.2, 0.25) is 5.95 Å². The maximum atomic E-state index is 15.1. The van der Waals surface area contributed by atoms with Gasteiger partial charge in [0.25, 0.3) is 0 Å². The van der Waals surface area contributed by atoms with Gasteiger partial charge in [-0.05, 0) is 25.8 Å². The number of nitrogens with zero attached hydrogens (tertiary/aromatic N) is 5. The number of aromatic nitrogens is 5. The summed E-state index contributed by atoms with van der Waals surface area (Å²) in [6, 6.07) is 3.50. The minimum Gasteiger partial charge on any atom is -0.441 e. The van der Waals surface area contributed by atoms with Gasteiger partial charge in [-0.3, -0.25) is 14.4 Å². The maximum Gasteiger partial charge on any atom is 0.408 e. The molecule has 36 heavy (non-hydrogen) atoms. The summed E-state index contributed by atoms with van der Waals surface area (Å²) >= 11 is 0. The van der Waals surface area contributed by atoms with Gasteiger partial charge in [-0.2, -0.15) is 5.10 Å². The van der Waals surface area contributed by atoms with Crippen LogP contribution >= 0.6 is 0 Å². The number of amides is 1. The standard InChI is InChI=1S/C23H29FN8O4/c1-23(3-4-23)28-22(33)36-16-13-35-20(19(16)24)15-10-17(30-29-15)27-21-25-5-2-18-26-14(12-32(18)21)11-31-6-8-34-9-7-31/h2,5,10,12,16,19-20H,3-4,6-9,11,13H2,1H3,(H,28,33)(H2,25,27,29,30). The Morgan fingerprint density at radius 2 is 2.19 bits per heavy atom. The first-order chi connectivity index (χ1) is 17.5. The number of fused-ring (bicyclic) bond motifs is 1. The van der Waals surface area contributed by atoms with Crippen molar-refractivity contribution in [1.82, 2.24) is 34.8 Å². The Hall–Kier alpha value is -3.29. The van der Waals surface area contributed by atoms with Crippen molar-refractivity contribution in [3.8, 4) is 0 Å². The van der Waals surface area contributed by atoms with Crippen molar-refractivity contribution in [2.24, 2.45) is 0 Å². The van der Waals surface area contributed by atoms with Crippen LogP contribution < -0.4 is 10.6 Å². The van der Waals surface area contributed by atoms with Crippen LogP contribution in [0, 0.1) is 0 Å². The maximum absolute atomic E-state index is 15.1. The Morgan fingerprint density at radius 3 is 3.00 bits per heavy atom. The Kier molecular flexibility index (Phi) is 5.97. The molecule has 3 aromatic heterocycles. The van der Waals surface area contributed by atoms with Gasteiger partial charge in [0, 0.05) is 43.6 Å². The molecule has 1 aliphatic carbocycles. The summed E-state index contributed by atoms with van der Waals surface area (Å²) in [6.45, 7) is 5.84. The highest BCUT2D eigenvalue weighted by Crippen LogP contribution is 2.36. The number of nitrogens with one attached hydrogen (secondary N) is 3. The number of carbonyl (C=O) groups excluding carboxylic acids is 1.